The van der Waals surface area contributed by atoms with Gasteiger partial charge in [-0.2, -0.15) is 0 Å². The zero-order valence-corrected chi connectivity index (χ0v) is 20.1. The van der Waals surface area contributed by atoms with Gasteiger partial charge in [0.15, 0.2) is 5.43 Å². The normalized spacial score (nSPS) is 11.1. The third-order valence-electron chi connectivity index (χ3n) is 5.53. The Kier molecular flexibility index (Phi) is 8.01. The number of carbonyl (C=O) groups excluding carboxylic acids is 1. The molecular weight excluding hydrogens is 469 g/mol. The summed E-state index contributed by atoms with van der Waals surface area (Å²) in [6.45, 7) is 2.94. The van der Waals surface area contributed by atoms with Crippen LogP contribution < -0.4 is 10.7 Å². The maximum Gasteiger partial charge on any atom is 0.267 e. The van der Waals surface area contributed by atoms with Crippen LogP contribution in [0.3, 0.4) is 0 Å². The molecule has 0 aliphatic carbocycles. The zero-order valence-electron chi connectivity index (χ0n) is 18.6. The first-order chi connectivity index (χ1) is 16.5. The second-order valence-corrected chi connectivity index (χ2v) is 8.99. The van der Waals surface area contributed by atoms with Crippen molar-refractivity contribution < 1.29 is 4.79 Å². The molecule has 4 rings (SSSR count). The van der Waals surface area contributed by atoms with Crippen molar-refractivity contribution in [1.29, 1.82) is 0 Å². The highest BCUT2D eigenvalue weighted by Crippen LogP contribution is 2.24. The van der Waals surface area contributed by atoms with E-state index in [-0.39, 0.29) is 22.1 Å². The number of nitrogens with one attached hydrogen (secondary N) is 2. The summed E-state index contributed by atoms with van der Waals surface area (Å²) in [6.07, 6.45) is 0.765. The molecule has 5 nitrogen and oxygen atoms in total. The summed E-state index contributed by atoms with van der Waals surface area (Å²) in [4.78, 5) is 30.5. The molecule has 0 saturated heterocycles. The SMILES string of the molecule is O=C(NCCCN(Cc1ccccc1)Cc1ccccc1)c1cc(=O)c2c(Cl)cc(Cl)cc2[nH]1. The Balaban J connectivity index is 1.38. The fourth-order valence-electron chi connectivity index (χ4n) is 3.93. The van der Waals surface area contributed by atoms with E-state index in [0.29, 0.717) is 22.5 Å². The number of hydrogen-bond acceptors (Lipinski definition) is 3. The molecule has 2 N–H and O–H groups in total. The van der Waals surface area contributed by atoms with Crippen LogP contribution in [0, 0.1) is 0 Å². The van der Waals surface area contributed by atoms with Gasteiger partial charge in [0, 0.05) is 37.3 Å². The summed E-state index contributed by atoms with van der Waals surface area (Å²) < 4.78 is 0. The molecule has 1 aromatic heterocycles. The molecule has 3 aromatic carbocycles. The highest BCUT2D eigenvalue weighted by Gasteiger charge is 2.13. The van der Waals surface area contributed by atoms with Crippen LogP contribution in [0.1, 0.15) is 28.0 Å². The van der Waals surface area contributed by atoms with E-state index in [2.05, 4.69) is 39.5 Å². The Hall–Kier alpha value is -3.12. The maximum atomic E-state index is 12.7. The number of fused-ring (bicyclic) bond motifs is 1. The minimum absolute atomic E-state index is 0.182. The van der Waals surface area contributed by atoms with Crippen LogP contribution in [-0.4, -0.2) is 28.9 Å². The zero-order chi connectivity index (χ0) is 23.9. The third-order valence-corrected chi connectivity index (χ3v) is 6.04. The number of aromatic nitrogens is 1. The van der Waals surface area contributed by atoms with E-state index in [1.54, 1.807) is 6.07 Å². The molecule has 4 aromatic rings. The molecule has 0 saturated carbocycles. The number of nitrogens with zero attached hydrogens (tertiary/aromatic N) is 1. The average molecular weight is 494 g/mol. The lowest BCUT2D eigenvalue weighted by Gasteiger charge is -2.23. The van der Waals surface area contributed by atoms with Crippen LogP contribution in [0.15, 0.2) is 83.7 Å². The number of amides is 1. The highest BCUT2D eigenvalue weighted by molar-refractivity contribution is 6.38. The monoisotopic (exact) mass is 493 g/mol. The first-order valence-electron chi connectivity index (χ1n) is 11.1. The Morgan fingerprint density at radius 2 is 1.50 bits per heavy atom. The van der Waals surface area contributed by atoms with E-state index >= 15 is 0 Å². The molecule has 0 atom stereocenters. The molecule has 0 bridgehead atoms. The van der Waals surface area contributed by atoms with Crippen LogP contribution in [0.5, 0.6) is 0 Å². The van der Waals surface area contributed by atoms with E-state index in [1.807, 2.05) is 36.4 Å². The van der Waals surface area contributed by atoms with Gasteiger partial charge in [-0.25, -0.2) is 0 Å². The molecule has 1 heterocycles. The van der Waals surface area contributed by atoms with Crippen LogP contribution in [0.4, 0.5) is 0 Å². The first-order valence-corrected chi connectivity index (χ1v) is 11.9. The van der Waals surface area contributed by atoms with Crippen molar-refractivity contribution in [2.45, 2.75) is 19.5 Å². The van der Waals surface area contributed by atoms with Gasteiger partial charge in [0.1, 0.15) is 5.69 Å². The molecule has 0 unspecified atom stereocenters. The van der Waals surface area contributed by atoms with Crippen molar-refractivity contribution in [1.82, 2.24) is 15.2 Å². The first kappa shape index (κ1) is 24.0. The molecule has 7 heteroatoms. The van der Waals surface area contributed by atoms with Crippen molar-refractivity contribution in [2.24, 2.45) is 0 Å². The smallest absolute Gasteiger partial charge is 0.267 e. The highest BCUT2D eigenvalue weighted by atomic mass is 35.5. The predicted molar refractivity (Wildman–Crippen MR) is 139 cm³/mol. The lowest BCUT2D eigenvalue weighted by atomic mass is 10.1. The van der Waals surface area contributed by atoms with Gasteiger partial charge in [0.2, 0.25) is 0 Å². The standard InChI is InChI=1S/C27H25Cl2N3O2/c28-21-14-22(29)26-23(15-21)31-24(16-25(26)33)27(34)30-12-7-13-32(17-19-8-3-1-4-9-19)18-20-10-5-2-6-11-20/h1-6,8-11,14-16H,7,12-13,17-18H2,(H,30,34)(H,31,33). The number of halogens is 2. The number of rotatable bonds is 9. The molecule has 34 heavy (non-hydrogen) atoms. The number of pyridine rings is 1. The Morgan fingerprint density at radius 3 is 2.12 bits per heavy atom. The summed E-state index contributed by atoms with van der Waals surface area (Å²) in [5.74, 6) is -0.340. The number of carbonyl (C=O) groups is 1. The van der Waals surface area contributed by atoms with Gasteiger partial charge in [0.25, 0.3) is 5.91 Å². The lowest BCUT2D eigenvalue weighted by molar-refractivity contribution is 0.0946. The molecule has 0 fully saturated rings. The second kappa shape index (κ2) is 11.3. The fraction of sp³-hybridized carbons (Fsp3) is 0.185. The molecule has 1 amide bonds. The molecule has 174 valence electrons. The summed E-state index contributed by atoms with van der Waals surface area (Å²) in [5.41, 5.74) is 2.79. The minimum atomic E-state index is -0.340. The molecular formula is C27H25Cl2N3O2. The van der Waals surface area contributed by atoms with Crippen molar-refractivity contribution in [3.05, 3.63) is 116 Å². The Bertz CT molecular complexity index is 1280. The van der Waals surface area contributed by atoms with Crippen LogP contribution >= 0.6 is 23.2 Å². The summed E-state index contributed by atoms with van der Waals surface area (Å²) in [7, 11) is 0. The van der Waals surface area contributed by atoms with Gasteiger partial charge >= 0.3 is 0 Å². The van der Waals surface area contributed by atoms with Crippen molar-refractivity contribution in [2.75, 3.05) is 13.1 Å². The third kappa shape index (κ3) is 6.26. The quantitative estimate of drug-likeness (QED) is 0.295. The van der Waals surface area contributed by atoms with Crippen LogP contribution in [-0.2, 0) is 13.1 Å². The van der Waals surface area contributed by atoms with E-state index in [4.69, 9.17) is 23.2 Å². The number of benzene rings is 3. The molecule has 0 radical (unpaired) electrons. The molecule has 0 aliphatic heterocycles. The number of aromatic amines is 1. The number of hydrogen-bond donors (Lipinski definition) is 2. The van der Waals surface area contributed by atoms with Gasteiger partial charge in [-0.1, -0.05) is 83.9 Å². The van der Waals surface area contributed by atoms with Crippen molar-refractivity contribution in [3.63, 3.8) is 0 Å². The van der Waals surface area contributed by atoms with Crippen LogP contribution in [0.2, 0.25) is 10.0 Å². The van der Waals surface area contributed by atoms with Crippen molar-refractivity contribution in [3.8, 4) is 0 Å². The Morgan fingerprint density at radius 1 is 0.882 bits per heavy atom. The van der Waals surface area contributed by atoms with Gasteiger partial charge in [-0.05, 0) is 29.7 Å². The topological polar surface area (TPSA) is 65.2 Å². The molecule has 0 aliphatic rings. The Labute approximate surface area is 208 Å². The molecule has 0 spiro atoms. The van der Waals surface area contributed by atoms with E-state index < -0.39 is 0 Å². The fourth-order valence-corrected chi connectivity index (χ4v) is 4.51. The predicted octanol–water partition coefficient (Wildman–Crippen LogP) is 5.66. The minimum Gasteiger partial charge on any atom is -0.351 e. The lowest BCUT2D eigenvalue weighted by Crippen LogP contribution is -2.30. The van der Waals surface area contributed by atoms with Gasteiger partial charge < -0.3 is 10.3 Å². The van der Waals surface area contributed by atoms with E-state index in [1.165, 1.54) is 23.3 Å². The summed E-state index contributed by atoms with van der Waals surface area (Å²) in [6, 6.07) is 25.0. The van der Waals surface area contributed by atoms with Crippen LogP contribution in [0.25, 0.3) is 10.9 Å². The summed E-state index contributed by atoms with van der Waals surface area (Å²) in [5, 5.41) is 3.87. The largest absolute Gasteiger partial charge is 0.351 e. The summed E-state index contributed by atoms with van der Waals surface area (Å²) >= 11 is 12.2. The van der Waals surface area contributed by atoms with Crippen molar-refractivity contribution >= 4 is 40.0 Å². The van der Waals surface area contributed by atoms with E-state index in [0.717, 1.165) is 26.1 Å². The average Bonchev–Trinajstić information content (AvgIpc) is 2.82. The second-order valence-electron chi connectivity index (χ2n) is 8.15. The maximum absolute atomic E-state index is 12.7. The number of H-pyrrole nitrogens is 1. The van der Waals surface area contributed by atoms with Gasteiger partial charge in [-0.3, -0.25) is 14.5 Å². The van der Waals surface area contributed by atoms with E-state index in [9.17, 15) is 9.59 Å². The van der Waals surface area contributed by atoms with Gasteiger partial charge in [-0.15, -0.1) is 0 Å². The van der Waals surface area contributed by atoms with Gasteiger partial charge in [0.05, 0.1) is 15.9 Å².